The van der Waals surface area contributed by atoms with Crippen molar-refractivity contribution in [3.63, 3.8) is 0 Å². The van der Waals surface area contributed by atoms with Crippen LogP contribution in [0.2, 0.25) is 0 Å². The predicted molar refractivity (Wildman–Crippen MR) is 96.0 cm³/mol. The smallest absolute Gasteiger partial charge is 0.223 e. The standard InChI is InChI=1S/C20H30N2O2/c1-15-7-2-3-9-17(15)18-13-19(18)20(24)21-10-4-5-11-22-12-6-8-16(22)14-23/h2-3,7,9,16,18-19,23H,4-6,8,10-14H2,1H3,(H,21,24). The number of carbonyl (C=O) groups is 1. The van der Waals surface area contributed by atoms with Crippen molar-refractivity contribution in [1.29, 1.82) is 0 Å². The van der Waals surface area contributed by atoms with Crippen molar-refractivity contribution in [2.45, 2.75) is 51.0 Å². The molecule has 3 atom stereocenters. The van der Waals surface area contributed by atoms with E-state index in [9.17, 15) is 9.90 Å². The number of amides is 1. The van der Waals surface area contributed by atoms with Gasteiger partial charge in [-0.3, -0.25) is 9.69 Å². The van der Waals surface area contributed by atoms with Gasteiger partial charge in [0.2, 0.25) is 5.91 Å². The molecule has 1 aliphatic heterocycles. The van der Waals surface area contributed by atoms with Gasteiger partial charge in [0.25, 0.3) is 0 Å². The minimum absolute atomic E-state index is 0.170. The van der Waals surface area contributed by atoms with Crippen molar-refractivity contribution < 1.29 is 9.90 Å². The van der Waals surface area contributed by atoms with E-state index < -0.39 is 0 Å². The van der Waals surface area contributed by atoms with Gasteiger partial charge in [-0.1, -0.05) is 24.3 Å². The topological polar surface area (TPSA) is 52.6 Å². The molecule has 3 unspecified atom stereocenters. The Labute approximate surface area is 145 Å². The molecule has 132 valence electrons. The quantitative estimate of drug-likeness (QED) is 0.720. The Balaban J connectivity index is 1.32. The van der Waals surface area contributed by atoms with Crippen LogP contribution in [0, 0.1) is 12.8 Å². The van der Waals surface area contributed by atoms with Gasteiger partial charge in [0.1, 0.15) is 0 Å². The lowest BCUT2D eigenvalue weighted by atomic mass is 10.0. The van der Waals surface area contributed by atoms with Gasteiger partial charge in [0, 0.05) is 18.5 Å². The average molecular weight is 330 g/mol. The van der Waals surface area contributed by atoms with Crippen LogP contribution >= 0.6 is 0 Å². The number of hydrogen-bond acceptors (Lipinski definition) is 3. The Kier molecular flexibility index (Phi) is 5.90. The lowest BCUT2D eigenvalue weighted by Crippen LogP contribution is -2.33. The van der Waals surface area contributed by atoms with Crippen molar-refractivity contribution in [3.8, 4) is 0 Å². The number of benzene rings is 1. The summed E-state index contributed by atoms with van der Waals surface area (Å²) in [5, 5.41) is 12.4. The summed E-state index contributed by atoms with van der Waals surface area (Å²) in [6.45, 7) is 5.32. The summed E-state index contributed by atoms with van der Waals surface area (Å²) in [6.07, 6.45) is 5.41. The lowest BCUT2D eigenvalue weighted by Gasteiger charge is -2.22. The number of nitrogens with one attached hydrogen (secondary N) is 1. The van der Waals surface area contributed by atoms with Crippen molar-refractivity contribution in [3.05, 3.63) is 35.4 Å². The summed E-state index contributed by atoms with van der Waals surface area (Å²) in [7, 11) is 0. The van der Waals surface area contributed by atoms with E-state index in [1.807, 2.05) is 0 Å². The molecular formula is C20H30N2O2. The molecular weight excluding hydrogens is 300 g/mol. The van der Waals surface area contributed by atoms with Gasteiger partial charge in [-0.2, -0.15) is 0 Å². The maximum Gasteiger partial charge on any atom is 0.223 e. The summed E-state index contributed by atoms with van der Waals surface area (Å²) in [5.41, 5.74) is 2.63. The van der Waals surface area contributed by atoms with E-state index in [0.29, 0.717) is 12.0 Å². The van der Waals surface area contributed by atoms with E-state index in [2.05, 4.69) is 41.4 Å². The van der Waals surface area contributed by atoms with Crippen LogP contribution in [0.25, 0.3) is 0 Å². The zero-order chi connectivity index (χ0) is 16.9. The first-order chi connectivity index (χ1) is 11.7. The van der Waals surface area contributed by atoms with Gasteiger partial charge >= 0.3 is 0 Å². The highest BCUT2D eigenvalue weighted by molar-refractivity contribution is 5.83. The molecule has 1 amide bonds. The van der Waals surface area contributed by atoms with E-state index in [4.69, 9.17) is 0 Å². The summed E-state index contributed by atoms with van der Waals surface area (Å²) >= 11 is 0. The van der Waals surface area contributed by atoms with E-state index in [1.165, 1.54) is 17.5 Å². The fraction of sp³-hybridized carbons (Fsp3) is 0.650. The Morgan fingerprint density at radius 3 is 2.96 bits per heavy atom. The number of likely N-dealkylation sites (tertiary alicyclic amines) is 1. The summed E-state index contributed by atoms with van der Waals surface area (Å²) < 4.78 is 0. The Bertz CT molecular complexity index is 560. The van der Waals surface area contributed by atoms with E-state index in [-0.39, 0.29) is 18.4 Å². The highest BCUT2D eigenvalue weighted by Crippen LogP contribution is 2.48. The molecule has 0 bridgehead atoms. The van der Waals surface area contributed by atoms with Crippen molar-refractivity contribution in [1.82, 2.24) is 10.2 Å². The third-order valence-corrected chi connectivity index (χ3v) is 5.60. The van der Waals surface area contributed by atoms with Crippen LogP contribution in [0.4, 0.5) is 0 Å². The molecule has 0 spiro atoms. The second-order valence-corrected chi connectivity index (χ2v) is 7.32. The molecule has 4 nitrogen and oxygen atoms in total. The molecule has 1 aromatic carbocycles. The normalized spacial score (nSPS) is 26.5. The molecule has 1 aliphatic carbocycles. The van der Waals surface area contributed by atoms with Crippen LogP contribution in [-0.4, -0.2) is 48.2 Å². The number of aliphatic hydroxyl groups excluding tert-OH is 1. The van der Waals surface area contributed by atoms with Gasteiger partial charge in [0.15, 0.2) is 0 Å². The van der Waals surface area contributed by atoms with E-state index in [1.54, 1.807) is 0 Å². The first-order valence-corrected chi connectivity index (χ1v) is 9.39. The minimum Gasteiger partial charge on any atom is -0.395 e. The van der Waals surface area contributed by atoms with Gasteiger partial charge in [-0.05, 0) is 69.2 Å². The first-order valence-electron chi connectivity index (χ1n) is 9.39. The third-order valence-electron chi connectivity index (χ3n) is 5.60. The fourth-order valence-corrected chi connectivity index (χ4v) is 4.01. The Morgan fingerprint density at radius 2 is 2.17 bits per heavy atom. The van der Waals surface area contributed by atoms with Crippen molar-refractivity contribution >= 4 is 5.91 Å². The predicted octanol–water partition coefficient (Wildman–Crippen LogP) is 2.45. The Morgan fingerprint density at radius 1 is 1.33 bits per heavy atom. The van der Waals surface area contributed by atoms with Gasteiger partial charge in [-0.25, -0.2) is 0 Å². The summed E-state index contributed by atoms with van der Waals surface area (Å²) in [6, 6.07) is 8.76. The first kappa shape index (κ1) is 17.4. The van der Waals surface area contributed by atoms with Crippen LogP contribution in [0.3, 0.4) is 0 Å². The van der Waals surface area contributed by atoms with Crippen LogP contribution in [0.1, 0.15) is 49.1 Å². The third kappa shape index (κ3) is 4.17. The zero-order valence-electron chi connectivity index (χ0n) is 14.7. The maximum absolute atomic E-state index is 12.3. The highest BCUT2D eigenvalue weighted by Gasteiger charge is 2.44. The number of carbonyl (C=O) groups excluding carboxylic acids is 1. The number of aliphatic hydroxyl groups is 1. The van der Waals surface area contributed by atoms with Gasteiger partial charge in [0.05, 0.1) is 6.61 Å². The SMILES string of the molecule is Cc1ccccc1C1CC1C(=O)NCCCCN1CCCC1CO. The fourth-order valence-electron chi connectivity index (χ4n) is 4.01. The summed E-state index contributed by atoms with van der Waals surface area (Å²) in [5.74, 6) is 0.808. The number of rotatable bonds is 8. The molecule has 2 aliphatic rings. The molecule has 3 rings (SSSR count). The number of nitrogens with zero attached hydrogens (tertiary/aromatic N) is 1. The Hall–Kier alpha value is -1.39. The largest absolute Gasteiger partial charge is 0.395 e. The highest BCUT2D eigenvalue weighted by atomic mass is 16.3. The molecule has 24 heavy (non-hydrogen) atoms. The van der Waals surface area contributed by atoms with Crippen LogP contribution in [-0.2, 0) is 4.79 Å². The summed E-state index contributed by atoms with van der Waals surface area (Å²) in [4.78, 5) is 14.6. The molecule has 1 saturated heterocycles. The number of aryl methyl sites for hydroxylation is 1. The molecule has 1 aromatic rings. The monoisotopic (exact) mass is 330 g/mol. The van der Waals surface area contributed by atoms with Crippen molar-refractivity contribution in [2.75, 3.05) is 26.2 Å². The molecule has 2 fully saturated rings. The van der Waals surface area contributed by atoms with Crippen molar-refractivity contribution in [2.24, 2.45) is 5.92 Å². The molecule has 4 heteroatoms. The van der Waals surface area contributed by atoms with Crippen LogP contribution < -0.4 is 5.32 Å². The molecule has 0 aromatic heterocycles. The zero-order valence-corrected chi connectivity index (χ0v) is 14.7. The minimum atomic E-state index is 0.170. The lowest BCUT2D eigenvalue weighted by molar-refractivity contribution is -0.122. The molecule has 2 N–H and O–H groups in total. The van der Waals surface area contributed by atoms with Crippen LogP contribution in [0.5, 0.6) is 0 Å². The van der Waals surface area contributed by atoms with Gasteiger partial charge in [-0.15, -0.1) is 0 Å². The van der Waals surface area contributed by atoms with E-state index >= 15 is 0 Å². The number of unbranched alkanes of at least 4 members (excludes halogenated alkanes) is 1. The van der Waals surface area contributed by atoms with Crippen LogP contribution in [0.15, 0.2) is 24.3 Å². The van der Waals surface area contributed by atoms with Gasteiger partial charge < -0.3 is 10.4 Å². The number of hydrogen-bond donors (Lipinski definition) is 2. The molecule has 1 saturated carbocycles. The maximum atomic E-state index is 12.3. The second-order valence-electron chi connectivity index (χ2n) is 7.32. The molecule has 1 heterocycles. The molecule has 0 radical (unpaired) electrons. The average Bonchev–Trinajstić information content (AvgIpc) is 3.25. The van der Waals surface area contributed by atoms with E-state index in [0.717, 1.165) is 45.3 Å². The second kappa shape index (κ2) is 8.13.